The van der Waals surface area contributed by atoms with Crippen molar-refractivity contribution in [2.75, 3.05) is 33.4 Å². The van der Waals surface area contributed by atoms with E-state index in [1.54, 1.807) is 7.11 Å². The van der Waals surface area contributed by atoms with Gasteiger partial charge >= 0.3 is 6.18 Å². The molecule has 0 saturated carbocycles. The summed E-state index contributed by atoms with van der Waals surface area (Å²) in [5.74, 6) is 0.918. The number of aromatic nitrogens is 1. The number of benzene rings is 1. The number of ether oxygens (including phenoxy) is 2. The molecule has 1 aromatic heterocycles. The molecule has 0 radical (unpaired) electrons. The molecule has 0 bridgehead atoms. The Kier molecular flexibility index (Phi) is 8.03. The van der Waals surface area contributed by atoms with Gasteiger partial charge in [-0.25, -0.2) is 4.98 Å². The lowest BCUT2D eigenvalue weighted by Gasteiger charge is -2.15. The molecular formula is C18H23F3N2O3S. The molecule has 2 unspecified atom stereocenters. The van der Waals surface area contributed by atoms with E-state index in [9.17, 15) is 18.3 Å². The number of methoxy groups -OCH3 is 1. The molecule has 2 aromatic rings. The maximum Gasteiger partial charge on any atom is 0.443 e. The van der Waals surface area contributed by atoms with Crippen molar-refractivity contribution in [2.24, 2.45) is 0 Å². The second-order valence-electron chi connectivity index (χ2n) is 6.06. The zero-order chi connectivity index (χ0) is 19.9. The maximum absolute atomic E-state index is 12.6. The van der Waals surface area contributed by atoms with E-state index in [0.717, 1.165) is 11.3 Å². The van der Waals surface area contributed by atoms with Crippen molar-refractivity contribution in [2.45, 2.75) is 25.1 Å². The molecule has 1 aromatic carbocycles. The second kappa shape index (κ2) is 10.0. The van der Waals surface area contributed by atoms with Gasteiger partial charge in [-0.2, -0.15) is 13.2 Å². The summed E-state index contributed by atoms with van der Waals surface area (Å²) in [5.41, 5.74) is 1.12. The van der Waals surface area contributed by atoms with Gasteiger partial charge < -0.3 is 19.9 Å². The zero-order valence-electron chi connectivity index (χ0n) is 15.1. The smallest absolute Gasteiger partial charge is 0.443 e. The quantitative estimate of drug-likeness (QED) is 0.593. The van der Waals surface area contributed by atoms with Crippen molar-refractivity contribution < 1.29 is 27.8 Å². The van der Waals surface area contributed by atoms with Crippen LogP contribution in [0.2, 0.25) is 0 Å². The van der Waals surface area contributed by atoms with Crippen LogP contribution in [0.4, 0.5) is 13.2 Å². The monoisotopic (exact) mass is 404 g/mol. The van der Waals surface area contributed by atoms with Crippen LogP contribution in [0.15, 0.2) is 29.6 Å². The van der Waals surface area contributed by atoms with Gasteiger partial charge in [0.15, 0.2) is 5.01 Å². The molecule has 9 heteroatoms. The Bertz CT molecular complexity index is 692. The largest absolute Gasteiger partial charge is 0.491 e. The fourth-order valence-corrected chi connectivity index (χ4v) is 3.10. The highest BCUT2D eigenvalue weighted by molar-refractivity contribution is 7.09. The molecule has 5 nitrogen and oxygen atoms in total. The number of aliphatic hydroxyl groups excluding tert-OH is 1. The number of nitrogens with zero attached hydrogens (tertiary/aromatic N) is 1. The van der Waals surface area contributed by atoms with Crippen molar-refractivity contribution in [3.8, 4) is 5.75 Å². The third kappa shape index (κ3) is 6.76. The molecule has 0 fully saturated rings. The van der Waals surface area contributed by atoms with Crippen LogP contribution in [0, 0.1) is 0 Å². The van der Waals surface area contributed by atoms with E-state index >= 15 is 0 Å². The molecule has 2 atom stereocenters. The molecule has 0 aliphatic carbocycles. The summed E-state index contributed by atoms with van der Waals surface area (Å²) in [4.78, 5) is 3.46. The van der Waals surface area contributed by atoms with Gasteiger partial charge in [0.2, 0.25) is 0 Å². The molecule has 0 amide bonds. The topological polar surface area (TPSA) is 63.6 Å². The van der Waals surface area contributed by atoms with Crippen molar-refractivity contribution in [1.29, 1.82) is 0 Å². The van der Waals surface area contributed by atoms with Crippen LogP contribution in [0.5, 0.6) is 5.75 Å². The molecule has 2 N–H and O–H groups in total. The molecule has 27 heavy (non-hydrogen) atoms. The van der Waals surface area contributed by atoms with Crippen molar-refractivity contribution in [1.82, 2.24) is 10.3 Å². The minimum atomic E-state index is -4.48. The van der Waals surface area contributed by atoms with Gasteiger partial charge in [0.05, 0.1) is 12.3 Å². The number of thiazole rings is 1. The molecule has 150 valence electrons. The molecule has 0 spiro atoms. The highest BCUT2D eigenvalue weighted by Gasteiger charge is 2.35. The molecular weight excluding hydrogens is 381 g/mol. The summed E-state index contributed by atoms with van der Waals surface area (Å²) in [7, 11) is 1.61. The Labute approximate surface area is 160 Å². The number of halogens is 3. The van der Waals surface area contributed by atoms with E-state index in [1.807, 2.05) is 31.2 Å². The number of hydrogen-bond acceptors (Lipinski definition) is 6. The maximum atomic E-state index is 12.6. The van der Waals surface area contributed by atoms with E-state index in [0.29, 0.717) is 31.1 Å². The molecule has 0 saturated heterocycles. The number of rotatable bonds is 10. The minimum Gasteiger partial charge on any atom is -0.491 e. The fraction of sp³-hybridized carbons (Fsp3) is 0.500. The first-order valence-corrected chi connectivity index (χ1v) is 9.32. The predicted molar refractivity (Wildman–Crippen MR) is 97.2 cm³/mol. The Morgan fingerprint density at radius 1 is 1.19 bits per heavy atom. The summed E-state index contributed by atoms with van der Waals surface area (Å²) < 4.78 is 48.1. The SMILES string of the molecule is COCCOc1ccc(C(C)CNCC(O)c2csc(C(F)(F)F)n2)cc1. The third-order valence-corrected chi connectivity index (χ3v) is 4.80. The average molecular weight is 404 g/mol. The lowest BCUT2D eigenvalue weighted by atomic mass is 10.0. The van der Waals surface area contributed by atoms with Crippen molar-refractivity contribution in [3.05, 3.63) is 45.9 Å². The predicted octanol–water partition coefficient (Wildman–Crippen LogP) is 3.61. The standard InChI is InChI=1S/C18H23F3N2O3S/c1-12(13-3-5-14(6-4-13)26-8-7-25-2)9-22-10-16(24)15-11-27-17(23-15)18(19,20)21/h3-6,11-12,16,22,24H,7-10H2,1-2H3. The van der Waals surface area contributed by atoms with Crippen molar-refractivity contribution >= 4 is 11.3 Å². The molecule has 0 aliphatic heterocycles. The highest BCUT2D eigenvalue weighted by Crippen LogP contribution is 2.32. The lowest BCUT2D eigenvalue weighted by Crippen LogP contribution is -2.25. The van der Waals surface area contributed by atoms with E-state index in [4.69, 9.17) is 9.47 Å². The van der Waals surface area contributed by atoms with Crippen LogP contribution in [-0.4, -0.2) is 43.5 Å². The number of nitrogens with one attached hydrogen (secondary N) is 1. The van der Waals surface area contributed by atoms with Gasteiger partial charge in [0, 0.05) is 25.6 Å². The number of aliphatic hydroxyl groups is 1. The van der Waals surface area contributed by atoms with Gasteiger partial charge in [-0.15, -0.1) is 11.3 Å². The first-order valence-electron chi connectivity index (χ1n) is 8.44. The summed E-state index contributed by atoms with van der Waals surface area (Å²) in [6, 6.07) is 7.68. The van der Waals surface area contributed by atoms with Gasteiger partial charge in [0.25, 0.3) is 0 Å². The first kappa shape index (κ1) is 21.6. The zero-order valence-corrected chi connectivity index (χ0v) is 15.9. The van der Waals surface area contributed by atoms with Crippen LogP contribution in [0.3, 0.4) is 0 Å². The van der Waals surface area contributed by atoms with Crippen molar-refractivity contribution in [3.63, 3.8) is 0 Å². The summed E-state index contributed by atoms with van der Waals surface area (Å²) in [5, 5.41) is 13.4. The van der Waals surface area contributed by atoms with Crippen LogP contribution in [0.1, 0.15) is 35.2 Å². The minimum absolute atomic E-state index is 0.0324. The first-order chi connectivity index (χ1) is 12.8. The molecule has 1 heterocycles. The normalized spacial score (nSPS) is 14.1. The Morgan fingerprint density at radius 2 is 1.89 bits per heavy atom. The van der Waals surface area contributed by atoms with Gasteiger partial charge in [-0.1, -0.05) is 19.1 Å². The second-order valence-corrected chi connectivity index (χ2v) is 6.92. The Balaban J connectivity index is 1.78. The summed E-state index contributed by atoms with van der Waals surface area (Å²) in [6.07, 6.45) is -5.56. The van der Waals surface area contributed by atoms with Crippen LogP contribution < -0.4 is 10.1 Å². The lowest BCUT2D eigenvalue weighted by molar-refractivity contribution is -0.137. The average Bonchev–Trinajstić information content (AvgIpc) is 3.13. The highest BCUT2D eigenvalue weighted by atomic mass is 32.1. The molecule has 0 aliphatic rings. The fourth-order valence-electron chi connectivity index (χ4n) is 2.36. The number of hydrogen-bond donors (Lipinski definition) is 2. The van der Waals surface area contributed by atoms with Gasteiger partial charge in [-0.3, -0.25) is 0 Å². The van der Waals surface area contributed by atoms with Gasteiger partial charge in [0.1, 0.15) is 18.5 Å². The van der Waals surface area contributed by atoms with E-state index in [1.165, 1.54) is 5.38 Å². The van der Waals surface area contributed by atoms with Gasteiger partial charge in [-0.05, 0) is 23.6 Å². The molecule has 2 rings (SSSR count). The van der Waals surface area contributed by atoms with E-state index in [-0.39, 0.29) is 18.2 Å². The summed E-state index contributed by atoms with van der Waals surface area (Å²) in [6.45, 7) is 3.72. The van der Waals surface area contributed by atoms with E-state index in [2.05, 4.69) is 10.3 Å². The van der Waals surface area contributed by atoms with Crippen LogP contribution >= 0.6 is 11.3 Å². The Morgan fingerprint density at radius 3 is 2.48 bits per heavy atom. The third-order valence-electron chi connectivity index (χ3n) is 3.90. The Hall–Kier alpha value is -1.68. The number of alkyl halides is 3. The van der Waals surface area contributed by atoms with Crippen LogP contribution in [-0.2, 0) is 10.9 Å². The summed E-state index contributed by atoms with van der Waals surface area (Å²) >= 11 is 0.486. The van der Waals surface area contributed by atoms with Crippen LogP contribution in [0.25, 0.3) is 0 Å². The van der Waals surface area contributed by atoms with E-state index < -0.39 is 17.3 Å².